The fraction of sp³-hybridized carbons (Fsp3) is 0.652. The van der Waals surface area contributed by atoms with E-state index in [0.717, 1.165) is 18.4 Å². The van der Waals surface area contributed by atoms with Crippen molar-refractivity contribution in [3.63, 3.8) is 0 Å². The molecule has 1 saturated carbocycles. The summed E-state index contributed by atoms with van der Waals surface area (Å²) in [4.78, 5) is 12.6. The van der Waals surface area contributed by atoms with Gasteiger partial charge < -0.3 is 14.8 Å². The van der Waals surface area contributed by atoms with Crippen LogP contribution >= 0.6 is 0 Å². The number of amides is 1. The van der Waals surface area contributed by atoms with Gasteiger partial charge in [-0.25, -0.2) is 4.79 Å². The minimum absolute atomic E-state index is 0.101. The SMILES string of the molecule is Cc1ccc(C)c(S(=O)(=O)/N=C(\OC(C)C)[C@@H](C)[C@@H](NC(=O)OC(C)(C)C)C2CC2)c1. The number of carbonyl (C=O) groups excluding carboxylic acids is 1. The molecule has 31 heavy (non-hydrogen) atoms. The molecular weight excluding hydrogens is 416 g/mol. The summed E-state index contributed by atoms with van der Waals surface area (Å²) in [5, 5.41) is 2.92. The normalized spacial score (nSPS) is 17.3. The van der Waals surface area contributed by atoms with E-state index >= 15 is 0 Å². The highest BCUT2D eigenvalue weighted by Gasteiger charge is 2.40. The van der Waals surface area contributed by atoms with Gasteiger partial charge in [-0.05, 0) is 84.4 Å². The van der Waals surface area contributed by atoms with Crippen LogP contribution in [0.15, 0.2) is 27.5 Å². The number of carbonyl (C=O) groups is 1. The lowest BCUT2D eigenvalue weighted by atomic mass is 9.97. The number of hydrogen-bond donors (Lipinski definition) is 1. The van der Waals surface area contributed by atoms with Crippen molar-refractivity contribution in [3.8, 4) is 0 Å². The van der Waals surface area contributed by atoms with E-state index in [4.69, 9.17) is 9.47 Å². The van der Waals surface area contributed by atoms with Crippen molar-refractivity contribution in [1.82, 2.24) is 5.32 Å². The van der Waals surface area contributed by atoms with Gasteiger partial charge in [0.25, 0.3) is 10.0 Å². The molecule has 2 atom stereocenters. The highest BCUT2D eigenvalue weighted by molar-refractivity contribution is 7.90. The lowest BCUT2D eigenvalue weighted by molar-refractivity contribution is 0.0485. The smallest absolute Gasteiger partial charge is 0.407 e. The summed E-state index contributed by atoms with van der Waals surface area (Å²) in [6.07, 6.45) is 1.10. The Morgan fingerprint density at radius 2 is 1.77 bits per heavy atom. The van der Waals surface area contributed by atoms with E-state index in [-0.39, 0.29) is 28.9 Å². The Bertz CT molecular complexity index is 928. The van der Waals surface area contributed by atoms with Gasteiger partial charge in [0.1, 0.15) is 5.60 Å². The second kappa shape index (κ2) is 9.59. The Kier molecular flexibility index (Phi) is 7.79. The first kappa shape index (κ1) is 25.2. The molecule has 0 saturated heterocycles. The summed E-state index contributed by atoms with van der Waals surface area (Å²) in [6.45, 7) is 14.4. The van der Waals surface area contributed by atoms with Crippen molar-refractivity contribution in [1.29, 1.82) is 0 Å². The minimum atomic E-state index is -3.98. The molecule has 174 valence electrons. The summed E-state index contributed by atoms with van der Waals surface area (Å²) in [7, 11) is -3.98. The number of hydrogen-bond acceptors (Lipinski definition) is 5. The molecule has 0 aromatic heterocycles. The molecular formula is C23H36N2O5S. The molecule has 7 nitrogen and oxygen atoms in total. The van der Waals surface area contributed by atoms with E-state index in [1.807, 2.05) is 33.8 Å². The molecule has 2 rings (SSSR count). The molecule has 1 fully saturated rings. The predicted octanol–water partition coefficient (Wildman–Crippen LogP) is 4.76. The fourth-order valence-corrected chi connectivity index (χ4v) is 4.66. The van der Waals surface area contributed by atoms with Gasteiger partial charge in [0.2, 0.25) is 5.90 Å². The number of nitrogens with zero attached hydrogens (tertiary/aromatic N) is 1. The van der Waals surface area contributed by atoms with E-state index < -0.39 is 27.6 Å². The van der Waals surface area contributed by atoms with Crippen LogP contribution in [0.1, 0.15) is 65.5 Å². The van der Waals surface area contributed by atoms with Crippen molar-refractivity contribution in [2.45, 2.75) is 90.9 Å². The number of nitrogens with one attached hydrogen (secondary N) is 1. The van der Waals surface area contributed by atoms with Crippen LogP contribution in [-0.4, -0.2) is 38.2 Å². The van der Waals surface area contributed by atoms with Crippen molar-refractivity contribution < 1.29 is 22.7 Å². The topological polar surface area (TPSA) is 94.1 Å². The van der Waals surface area contributed by atoms with E-state index in [1.54, 1.807) is 39.8 Å². The summed E-state index contributed by atoms with van der Waals surface area (Å²) in [5.41, 5.74) is 0.830. The molecule has 1 N–H and O–H groups in total. The highest BCUT2D eigenvalue weighted by Crippen LogP contribution is 2.37. The summed E-state index contributed by atoms with van der Waals surface area (Å²) < 4.78 is 41.7. The third-order valence-electron chi connectivity index (χ3n) is 4.93. The zero-order chi connectivity index (χ0) is 23.6. The fourth-order valence-electron chi connectivity index (χ4n) is 3.31. The Balaban J connectivity index is 2.38. The molecule has 0 unspecified atom stereocenters. The maximum atomic E-state index is 13.1. The molecule has 1 aromatic carbocycles. The number of rotatable bonds is 7. The van der Waals surface area contributed by atoms with Gasteiger partial charge in [0.05, 0.1) is 16.9 Å². The first-order valence-electron chi connectivity index (χ1n) is 10.8. The van der Waals surface area contributed by atoms with Gasteiger partial charge in [-0.15, -0.1) is 4.40 Å². The van der Waals surface area contributed by atoms with Crippen LogP contribution in [0.25, 0.3) is 0 Å². The van der Waals surface area contributed by atoms with Crippen LogP contribution in [0.4, 0.5) is 4.79 Å². The maximum absolute atomic E-state index is 13.1. The second-order valence-corrected chi connectivity index (χ2v) is 11.2. The Morgan fingerprint density at radius 3 is 2.29 bits per heavy atom. The number of alkyl carbamates (subject to hydrolysis) is 1. The van der Waals surface area contributed by atoms with Gasteiger partial charge in [-0.2, -0.15) is 8.42 Å². The first-order valence-corrected chi connectivity index (χ1v) is 12.2. The standard InChI is InChI=1S/C23H36N2O5S/c1-14(2)29-21(25-31(27,28)19-13-15(3)9-10-16(19)4)17(5)20(18-11-12-18)24-22(26)30-23(6,7)8/h9-10,13-14,17-18,20H,11-12H2,1-8H3,(H,24,26)/b25-21-/t17-,20+/m0/s1. The summed E-state index contributed by atoms with van der Waals surface area (Å²) in [5.74, 6) is -0.113. The zero-order valence-electron chi connectivity index (χ0n) is 19.9. The van der Waals surface area contributed by atoms with Gasteiger partial charge >= 0.3 is 6.09 Å². The molecule has 0 bridgehead atoms. The highest BCUT2D eigenvalue weighted by atomic mass is 32.2. The number of ether oxygens (including phenoxy) is 2. The third kappa shape index (κ3) is 7.52. The molecule has 0 heterocycles. The van der Waals surface area contributed by atoms with Crippen molar-refractivity contribution in [2.24, 2.45) is 16.2 Å². The van der Waals surface area contributed by atoms with Gasteiger partial charge in [0, 0.05) is 6.04 Å². The van der Waals surface area contributed by atoms with Crippen LogP contribution in [0.3, 0.4) is 0 Å². The van der Waals surface area contributed by atoms with Gasteiger partial charge in [-0.3, -0.25) is 0 Å². The number of sulfonamides is 1. The lowest BCUT2D eigenvalue weighted by Gasteiger charge is -2.28. The average molecular weight is 453 g/mol. The van der Waals surface area contributed by atoms with Crippen molar-refractivity contribution in [3.05, 3.63) is 29.3 Å². The van der Waals surface area contributed by atoms with Crippen LogP contribution in [-0.2, 0) is 19.5 Å². The molecule has 1 aromatic rings. The Hall–Kier alpha value is -2.09. The maximum Gasteiger partial charge on any atom is 0.407 e. The monoisotopic (exact) mass is 452 g/mol. The Morgan fingerprint density at radius 1 is 1.16 bits per heavy atom. The molecule has 0 radical (unpaired) electrons. The summed E-state index contributed by atoms with van der Waals surface area (Å²) in [6, 6.07) is 4.91. The van der Waals surface area contributed by atoms with E-state index in [9.17, 15) is 13.2 Å². The quantitative estimate of drug-likeness (QED) is 0.476. The first-order chi connectivity index (χ1) is 14.2. The second-order valence-electron chi connectivity index (χ2n) is 9.64. The van der Waals surface area contributed by atoms with E-state index in [1.165, 1.54) is 0 Å². The number of benzene rings is 1. The minimum Gasteiger partial charge on any atom is -0.477 e. The third-order valence-corrected chi connectivity index (χ3v) is 6.35. The van der Waals surface area contributed by atoms with Gasteiger partial charge in [-0.1, -0.05) is 19.1 Å². The Labute approximate surface area is 186 Å². The van der Waals surface area contributed by atoms with Crippen LogP contribution in [0.5, 0.6) is 0 Å². The van der Waals surface area contributed by atoms with Crippen LogP contribution in [0.2, 0.25) is 0 Å². The van der Waals surface area contributed by atoms with Crippen molar-refractivity contribution >= 4 is 22.0 Å². The molecule has 0 aliphatic heterocycles. The van der Waals surface area contributed by atoms with Crippen LogP contribution in [0, 0.1) is 25.7 Å². The lowest BCUT2D eigenvalue weighted by Crippen LogP contribution is -2.46. The van der Waals surface area contributed by atoms with Crippen LogP contribution < -0.4 is 5.32 Å². The molecule has 0 spiro atoms. The van der Waals surface area contributed by atoms with Gasteiger partial charge in [0.15, 0.2) is 0 Å². The molecule has 8 heteroatoms. The molecule has 1 aliphatic rings. The summed E-state index contributed by atoms with van der Waals surface area (Å²) >= 11 is 0. The average Bonchev–Trinajstić information content (AvgIpc) is 3.43. The predicted molar refractivity (Wildman–Crippen MR) is 122 cm³/mol. The van der Waals surface area contributed by atoms with E-state index in [2.05, 4.69) is 9.71 Å². The molecule has 1 amide bonds. The zero-order valence-corrected chi connectivity index (χ0v) is 20.7. The van der Waals surface area contributed by atoms with Crippen molar-refractivity contribution in [2.75, 3.05) is 0 Å². The largest absolute Gasteiger partial charge is 0.477 e. The van der Waals surface area contributed by atoms with E-state index in [0.29, 0.717) is 5.56 Å². The number of aryl methyl sites for hydroxylation is 2. The molecule has 1 aliphatic carbocycles.